The number of carbonyl (C=O) groups is 1. The molecule has 0 aliphatic carbocycles. The second-order valence-electron chi connectivity index (χ2n) is 3.49. The molecule has 1 fully saturated rings. The van der Waals surface area contributed by atoms with Gasteiger partial charge in [-0.15, -0.1) is 0 Å². The molecule has 2 rings (SSSR count). The van der Waals surface area contributed by atoms with Gasteiger partial charge in [0.25, 0.3) is 5.91 Å². The van der Waals surface area contributed by atoms with Crippen molar-refractivity contribution in [2.24, 2.45) is 4.99 Å². The highest BCUT2D eigenvalue weighted by Crippen LogP contribution is 2.12. The molecule has 0 aromatic heterocycles. The predicted octanol–water partition coefficient (Wildman–Crippen LogP) is 0.426. The number of likely N-dealkylation sites (tertiary alicyclic amines) is 1. The Morgan fingerprint density at radius 2 is 2.15 bits per heavy atom. The largest absolute Gasteiger partial charge is 0.481 e. The molecule has 72 valence electrons. The van der Waals surface area contributed by atoms with Gasteiger partial charge in [-0.2, -0.15) is 0 Å². The first-order valence-corrected chi connectivity index (χ1v) is 4.80. The molecular weight excluding hydrogens is 168 g/mol. The number of amides is 1. The van der Waals surface area contributed by atoms with Crippen molar-refractivity contribution in [2.45, 2.75) is 25.3 Å². The Balaban J connectivity index is 1.91. The van der Waals surface area contributed by atoms with Crippen LogP contribution in [0.25, 0.3) is 0 Å². The maximum Gasteiger partial charge on any atom is 0.251 e. The van der Waals surface area contributed by atoms with E-state index in [2.05, 4.69) is 4.99 Å². The van der Waals surface area contributed by atoms with Crippen LogP contribution < -0.4 is 0 Å². The van der Waals surface area contributed by atoms with E-state index in [0.29, 0.717) is 6.61 Å². The SMILES string of the molecule is O=C(C1COC=N1)N1CCCCC1. The number of rotatable bonds is 1. The fourth-order valence-electron chi connectivity index (χ4n) is 1.75. The second-order valence-corrected chi connectivity index (χ2v) is 3.49. The van der Waals surface area contributed by atoms with E-state index in [9.17, 15) is 4.79 Å². The maximum atomic E-state index is 11.7. The highest BCUT2D eigenvalue weighted by Gasteiger charge is 2.27. The Labute approximate surface area is 77.6 Å². The van der Waals surface area contributed by atoms with Gasteiger partial charge in [-0.05, 0) is 19.3 Å². The Hall–Kier alpha value is -1.06. The van der Waals surface area contributed by atoms with Crippen LogP contribution in [0, 0.1) is 0 Å². The van der Waals surface area contributed by atoms with Crippen molar-refractivity contribution in [3.05, 3.63) is 0 Å². The summed E-state index contributed by atoms with van der Waals surface area (Å²) < 4.78 is 4.93. The normalized spacial score (nSPS) is 27.4. The molecule has 2 aliphatic rings. The van der Waals surface area contributed by atoms with Gasteiger partial charge in [-0.1, -0.05) is 0 Å². The van der Waals surface area contributed by atoms with Crippen LogP contribution in [0.15, 0.2) is 4.99 Å². The number of carbonyl (C=O) groups excluding carboxylic acids is 1. The summed E-state index contributed by atoms with van der Waals surface area (Å²) in [5, 5.41) is 0. The fourth-order valence-corrected chi connectivity index (χ4v) is 1.75. The Bertz CT molecular complexity index is 222. The van der Waals surface area contributed by atoms with E-state index in [-0.39, 0.29) is 11.9 Å². The highest BCUT2D eigenvalue weighted by atomic mass is 16.5. The zero-order valence-electron chi connectivity index (χ0n) is 7.61. The third kappa shape index (κ3) is 1.82. The van der Waals surface area contributed by atoms with Crippen LogP contribution >= 0.6 is 0 Å². The summed E-state index contributed by atoms with van der Waals surface area (Å²) in [6.45, 7) is 2.21. The van der Waals surface area contributed by atoms with Gasteiger partial charge in [0, 0.05) is 13.1 Å². The van der Waals surface area contributed by atoms with Crippen LogP contribution in [-0.2, 0) is 9.53 Å². The van der Waals surface area contributed by atoms with Gasteiger partial charge in [0.15, 0.2) is 12.4 Å². The fraction of sp³-hybridized carbons (Fsp3) is 0.778. The minimum atomic E-state index is -0.266. The standard InChI is InChI=1S/C9H14N2O2/c12-9(8-6-13-7-10-8)11-4-2-1-3-5-11/h7-8H,1-6H2. The summed E-state index contributed by atoms with van der Waals surface area (Å²) in [6.07, 6.45) is 4.88. The number of aliphatic imine (C=N–C) groups is 1. The number of hydrogen-bond donors (Lipinski definition) is 0. The molecule has 2 heterocycles. The van der Waals surface area contributed by atoms with Gasteiger partial charge in [0.2, 0.25) is 0 Å². The van der Waals surface area contributed by atoms with Crippen LogP contribution in [0.1, 0.15) is 19.3 Å². The molecular formula is C9H14N2O2. The Morgan fingerprint density at radius 3 is 2.77 bits per heavy atom. The molecule has 1 saturated heterocycles. The molecule has 13 heavy (non-hydrogen) atoms. The molecule has 0 radical (unpaired) electrons. The highest BCUT2D eigenvalue weighted by molar-refractivity contribution is 5.84. The third-order valence-corrected chi connectivity index (χ3v) is 2.52. The zero-order valence-corrected chi connectivity index (χ0v) is 7.61. The van der Waals surface area contributed by atoms with Crippen LogP contribution in [-0.4, -0.2) is 42.9 Å². The van der Waals surface area contributed by atoms with Crippen LogP contribution in [0.2, 0.25) is 0 Å². The van der Waals surface area contributed by atoms with Crippen molar-refractivity contribution in [2.75, 3.05) is 19.7 Å². The van der Waals surface area contributed by atoms with Crippen LogP contribution in [0.4, 0.5) is 0 Å². The van der Waals surface area contributed by atoms with E-state index in [1.54, 1.807) is 0 Å². The minimum absolute atomic E-state index is 0.133. The third-order valence-electron chi connectivity index (χ3n) is 2.52. The zero-order chi connectivity index (χ0) is 9.10. The van der Waals surface area contributed by atoms with Crippen molar-refractivity contribution >= 4 is 12.3 Å². The molecule has 0 N–H and O–H groups in total. The second kappa shape index (κ2) is 3.77. The molecule has 0 aromatic carbocycles. The number of nitrogens with zero attached hydrogens (tertiary/aromatic N) is 2. The molecule has 0 aromatic rings. The summed E-state index contributed by atoms with van der Waals surface area (Å²) in [5.41, 5.74) is 0. The molecule has 4 nitrogen and oxygen atoms in total. The molecule has 0 saturated carbocycles. The van der Waals surface area contributed by atoms with Crippen LogP contribution in [0.5, 0.6) is 0 Å². The van der Waals surface area contributed by atoms with Crippen molar-refractivity contribution in [1.29, 1.82) is 0 Å². The van der Waals surface area contributed by atoms with Gasteiger partial charge in [0.1, 0.15) is 6.61 Å². The molecule has 0 bridgehead atoms. The van der Waals surface area contributed by atoms with E-state index in [0.717, 1.165) is 25.9 Å². The molecule has 1 unspecified atom stereocenters. The summed E-state index contributed by atoms with van der Waals surface area (Å²) in [7, 11) is 0. The first kappa shape index (κ1) is 8.53. The summed E-state index contributed by atoms with van der Waals surface area (Å²) in [5.74, 6) is 0.133. The Morgan fingerprint density at radius 1 is 1.38 bits per heavy atom. The average molecular weight is 182 g/mol. The van der Waals surface area contributed by atoms with Gasteiger partial charge < -0.3 is 9.64 Å². The van der Waals surface area contributed by atoms with E-state index in [1.165, 1.54) is 12.8 Å². The lowest BCUT2D eigenvalue weighted by molar-refractivity contribution is -0.133. The average Bonchev–Trinajstić information content (AvgIpc) is 2.71. The first-order valence-electron chi connectivity index (χ1n) is 4.80. The van der Waals surface area contributed by atoms with Gasteiger partial charge in [-0.25, -0.2) is 4.99 Å². The van der Waals surface area contributed by atoms with E-state index in [1.807, 2.05) is 4.90 Å². The van der Waals surface area contributed by atoms with Crippen molar-refractivity contribution in [3.63, 3.8) is 0 Å². The quantitative estimate of drug-likeness (QED) is 0.590. The van der Waals surface area contributed by atoms with E-state index < -0.39 is 0 Å². The molecule has 2 aliphatic heterocycles. The van der Waals surface area contributed by atoms with Gasteiger partial charge >= 0.3 is 0 Å². The Kier molecular flexibility index (Phi) is 2.47. The van der Waals surface area contributed by atoms with Crippen molar-refractivity contribution in [1.82, 2.24) is 4.90 Å². The summed E-state index contributed by atoms with van der Waals surface area (Å²) in [4.78, 5) is 17.6. The van der Waals surface area contributed by atoms with Gasteiger partial charge in [-0.3, -0.25) is 4.79 Å². The van der Waals surface area contributed by atoms with E-state index in [4.69, 9.17) is 4.74 Å². The lowest BCUT2D eigenvalue weighted by Gasteiger charge is -2.27. The lowest BCUT2D eigenvalue weighted by Crippen LogP contribution is -2.42. The smallest absolute Gasteiger partial charge is 0.251 e. The topological polar surface area (TPSA) is 41.9 Å². The van der Waals surface area contributed by atoms with Crippen molar-refractivity contribution in [3.8, 4) is 0 Å². The molecule has 0 spiro atoms. The monoisotopic (exact) mass is 182 g/mol. The first-order chi connectivity index (χ1) is 6.38. The maximum absolute atomic E-state index is 11.7. The van der Waals surface area contributed by atoms with Crippen molar-refractivity contribution < 1.29 is 9.53 Å². The molecule has 4 heteroatoms. The van der Waals surface area contributed by atoms with Gasteiger partial charge in [0.05, 0.1) is 0 Å². The molecule has 1 atom stereocenters. The molecule has 1 amide bonds. The predicted molar refractivity (Wildman–Crippen MR) is 48.7 cm³/mol. The lowest BCUT2D eigenvalue weighted by atomic mass is 10.1. The summed E-state index contributed by atoms with van der Waals surface area (Å²) >= 11 is 0. The number of ether oxygens (including phenoxy) is 1. The number of hydrogen-bond acceptors (Lipinski definition) is 3. The van der Waals surface area contributed by atoms with Crippen LogP contribution in [0.3, 0.4) is 0 Å². The van der Waals surface area contributed by atoms with E-state index >= 15 is 0 Å². The number of piperidine rings is 1. The summed E-state index contributed by atoms with van der Waals surface area (Å²) in [6, 6.07) is -0.266. The minimum Gasteiger partial charge on any atom is -0.481 e.